The molecule has 0 unspecified atom stereocenters. The number of rotatable bonds is 7. The lowest BCUT2D eigenvalue weighted by molar-refractivity contribution is -0.117. The van der Waals surface area contributed by atoms with Crippen LogP contribution < -0.4 is 10.6 Å². The van der Waals surface area contributed by atoms with E-state index in [0.29, 0.717) is 17.5 Å². The minimum Gasteiger partial charge on any atom is -0.332 e. The lowest BCUT2D eigenvalue weighted by Gasteiger charge is -2.01. The summed E-state index contributed by atoms with van der Waals surface area (Å²) >= 11 is 6.05. The van der Waals surface area contributed by atoms with E-state index in [4.69, 9.17) is 16.1 Å². The molecule has 0 saturated heterocycles. The molecule has 8 nitrogen and oxygen atoms in total. The van der Waals surface area contributed by atoms with Crippen LogP contribution in [0.3, 0.4) is 0 Å². The maximum absolute atomic E-state index is 12.5. The van der Waals surface area contributed by atoms with E-state index in [1.54, 1.807) is 0 Å². The summed E-state index contributed by atoms with van der Waals surface area (Å²) in [7, 11) is 0. The lowest BCUT2D eigenvalue weighted by atomic mass is 10.1. The van der Waals surface area contributed by atoms with Crippen LogP contribution >= 0.6 is 11.6 Å². The number of fused-ring (bicyclic) bond motifs is 1. The van der Waals surface area contributed by atoms with E-state index in [0.717, 1.165) is 23.3 Å². The molecular weight excluding hydrogens is 428 g/mol. The number of aromatic nitrogens is 4. The van der Waals surface area contributed by atoms with Crippen LogP contribution in [0.5, 0.6) is 0 Å². The summed E-state index contributed by atoms with van der Waals surface area (Å²) in [5.41, 5.74) is 4.21. The van der Waals surface area contributed by atoms with Crippen molar-refractivity contribution in [1.29, 1.82) is 0 Å². The van der Waals surface area contributed by atoms with Crippen molar-refractivity contribution >= 4 is 35.1 Å². The summed E-state index contributed by atoms with van der Waals surface area (Å²) in [4.78, 5) is 21.3. The Kier molecular flexibility index (Phi) is 4.61. The van der Waals surface area contributed by atoms with E-state index >= 15 is 0 Å². The van der Waals surface area contributed by atoms with Crippen molar-refractivity contribution in [2.75, 3.05) is 10.6 Å². The normalized spacial score (nSPS) is 19.8. The summed E-state index contributed by atoms with van der Waals surface area (Å²) in [6.45, 7) is 0.440. The highest BCUT2D eigenvalue weighted by molar-refractivity contribution is 6.30. The van der Waals surface area contributed by atoms with Crippen LogP contribution in [-0.2, 0) is 11.3 Å². The van der Waals surface area contributed by atoms with Crippen molar-refractivity contribution in [3.8, 4) is 0 Å². The maximum atomic E-state index is 12.5. The van der Waals surface area contributed by atoms with E-state index in [9.17, 15) is 4.79 Å². The van der Waals surface area contributed by atoms with E-state index in [2.05, 4.69) is 42.4 Å². The van der Waals surface area contributed by atoms with Crippen LogP contribution in [0.4, 0.5) is 12.0 Å². The Labute approximate surface area is 189 Å². The van der Waals surface area contributed by atoms with Gasteiger partial charge in [0.2, 0.25) is 5.91 Å². The Morgan fingerprint density at radius 3 is 2.91 bits per heavy atom. The molecule has 2 atom stereocenters. The van der Waals surface area contributed by atoms with Gasteiger partial charge in [0.1, 0.15) is 5.65 Å². The Morgan fingerprint density at radius 2 is 2.06 bits per heavy atom. The standard InChI is InChI=1S/C23H21ClN6O2/c24-16-3-1-2-14(8-16)18-9-19(18)21(31)27-22-28-23(32-29-22)25-10-17-12-30-11-15(13-4-5-13)6-7-20(30)26-17/h1-3,6-8,11-13,18-19H,4-5,9-10H2,(H2,25,27,28,29,31)/t18-,19+/m1/s1. The highest BCUT2D eigenvalue weighted by atomic mass is 35.5. The molecule has 162 valence electrons. The third-order valence-corrected chi connectivity index (χ3v) is 6.29. The van der Waals surface area contributed by atoms with Gasteiger partial charge >= 0.3 is 6.01 Å². The van der Waals surface area contributed by atoms with E-state index < -0.39 is 0 Å². The Balaban J connectivity index is 1.05. The molecule has 3 aromatic heterocycles. The Hall–Kier alpha value is -3.39. The quantitative estimate of drug-likeness (QED) is 0.428. The SMILES string of the molecule is O=C(Nc1noc(NCc2cn3cc(C4CC4)ccc3n2)n1)[C@H]1C[C@@H]1c1cccc(Cl)c1. The van der Waals surface area contributed by atoms with Crippen LogP contribution in [0.1, 0.15) is 47.9 Å². The predicted molar refractivity (Wildman–Crippen MR) is 120 cm³/mol. The van der Waals surface area contributed by atoms with Gasteiger partial charge in [0.25, 0.3) is 5.95 Å². The number of carbonyl (C=O) groups is 1. The number of anilines is 2. The number of carbonyl (C=O) groups excluding carboxylic acids is 1. The molecule has 9 heteroatoms. The number of imidazole rings is 1. The van der Waals surface area contributed by atoms with Crippen molar-refractivity contribution in [2.24, 2.45) is 5.92 Å². The second-order valence-corrected chi connectivity index (χ2v) is 8.94. The number of nitrogens with zero attached hydrogens (tertiary/aromatic N) is 4. The summed E-state index contributed by atoms with van der Waals surface area (Å²) in [6.07, 6.45) is 7.47. The Morgan fingerprint density at radius 1 is 1.16 bits per heavy atom. The zero-order valence-corrected chi connectivity index (χ0v) is 17.9. The van der Waals surface area contributed by atoms with Gasteiger partial charge in [-0.3, -0.25) is 10.1 Å². The van der Waals surface area contributed by atoms with Gasteiger partial charge in [0, 0.05) is 23.3 Å². The number of halogens is 1. The molecule has 3 heterocycles. The van der Waals surface area contributed by atoms with Crippen molar-refractivity contribution < 1.29 is 9.32 Å². The predicted octanol–water partition coefficient (Wildman–Crippen LogP) is 4.60. The van der Waals surface area contributed by atoms with E-state index in [-0.39, 0.29) is 29.7 Å². The minimum atomic E-state index is -0.117. The fraction of sp³-hybridized carbons (Fsp3) is 0.304. The van der Waals surface area contributed by atoms with Gasteiger partial charge in [0.15, 0.2) is 0 Å². The van der Waals surface area contributed by atoms with Gasteiger partial charge in [-0.1, -0.05) is 29.8 Å². The molecule has 2 N–H and O–H groups in total. The Bertz CT molecular complexity index is 1310. The molecule has 2 aliphatic rings. The van der Waals surface area contributed by atoms with Gasteiger partial charge in [-0.25, -0.2) is 4.98 Å². The van der Waals surface area contributed by atoms with E-state index in [1.165, 1.54) is 18.4 Å². The molecular formula is C23H21ClN6O2. The van der Waals surface area contributed by atoms with Gasteiger partial charge in [-0.2, -0.15) is 4.98 Å². The number of hydrogen-bond acceptors (Lipinski definition) is 6. The van der Waals surface area contributed by atoms with Gasteiger partial charge in [0.05, 0.1) is 12.2 Å². The monoisotopic (exact) mass is 448 g/mol. The topological polar surface area (TPSA) is 97.3 Å². The average Bonchev–Trinajstić information content (AvgIpc) is 3.70. The first kappa shape index (κ1) is 19.3. The van der Waals surface area contributed by atoms with Crippen molar-refractivity contribution in [2.45, 2.75) is 37.6 Å². The molecule has 6 rings (SSSR count). The third kappa shape index (κ3) is 3.93. The molecule has 2 fully saturated rings. The molecule has 1 amide bonds. The first-order valence-electron chi connectivity index (χ1n) is 10.7. The molecule has 1 aromatic carbocycles. The number of benzene rings is 1. The van der Waals surface area contributed by atoms with Crippen LogP contribution in [0.2, 0.25) is 5.02 Å². The van der Waals surface area contributed by atoms with Crippen LogP contribution in [-0.4, -0.2) is 25.4 Å². The van der Waals surface area contributed by atoms with Crippen LogP contribution in [0.15, 0.2) is 53.3 Å². The molecule has 0 aliphatic heterocycles. The largest absolute Gasteiger partial charge is 0.332 e. The highest BCUT2D eigenvalue weighted by Gasteiger charge is 2.44. The van der Waals surface area contributed by atoms with Crippen molar-refractivity contribution in [3.05, 3.63) is 70.6 Å². The number of nitrogens with one attached hydrogen (secondary N) is 2. The second-order valence-electron chi connectivity index (χ2n) is 8.50. The average molecular weight is 449 g/mol. The molecule has 2 saturated carbocycles. The van der Waals surface area contributed by atoms with Gasteiger partial charge in [-0.15, -0.1) is 0 Å². The smallest absolute Gasteiger partial charge is 0.323 e. The van der Waals surface area contributed by atoms with Crippen molar-refractivity contribution in [1.82, 2.24) is 19.5 Å². The number of amides is 1. The molecule has 2 aliphatic carbocycles. The molecule has 4 aromatic rings. The maximum Gasteiger partial charge on any atom is 0.323 e. The fourth-order valence-electron chi connectivity index (χ4n) is 4.11. The fourth-order valence-corrected chi connectivity index (χ4v) is 4.31. The van der Waals surface area contributed by atoms with Gasteiger partial charge in [-0.05, 0) is 65.6 Å². The third-order valence-electron chi connectivity index (χ3n) is 6.06. The number of pyridine rings is 1. The zero-order chi connectivity index (χ0) is 21.7. The van der Waals surface area contributed by atoms with Gasteiger partial charge < -0.3 is 14.2 Å². The summed E-state index contributed by atoms with van der Waals surface area (Å²) in [6, 6.07) is 12.1. The summed E-state index contributed by atoms with van der Waals surface area (Å²) in [5, 5.41) is 10.3. The van der Waals surface area contributed by atoms with E-state index in [1.807, 2.05) is 36.5 Å². The molecule has 0 spiro atoms. The molecule has 32 heavy (non-hydrogen) atoms. The van der Waals surface area contributed by atoms with Crippen LogP contribution in [0, 0.1) is 5.92 Å². The lowest BCUT2D eigenvalue weighted by Crippen LogP contribution is -2.15. The second kappa shape index (κ2) is 7.63. The first-order chi connectivity index (χ1) is 15.6. The highest BCUT2D eigenvalue weighted by Crippen LogP contribution is 2.48. The molecule has 0 radical (unpaired) electrons. The van der Waals surface area contributed by atoms with Crippen LogP contribution in [0.25, 0.3) is 5.65 Å². The zero-order valence-electron chi connectivity index (χ0n) is 17.2. The summed E-state index contributed by atoms with van der Waals surface area (Å²) in [5.74, 6) is 0.801. The minimum absolute atomic E-state index is 0.109. The number of hydrogen-bond donors (Lipinski definition) is 2. The summed E-state index contributed by atoms with van der Waals surface area (Å²) < 4.78 is 7.26. The first-order valence-corrected chi connectivity index (χ1v) is 11.1. The molecule has 0 bridgehead atoms. The van der Waals surface area contributed by atoms with Crippen molar-refractivity contribution in [3.63, 3.8) is 0 Å².